The molecule has 0 saturated carbocycles. The average molecular weight is 420 g/mol. The largest absolute Gasteiger partial charge is 0.413 e. The summed E-state index contributed by atoms with van der Waals surface area (Å²) in [6.45, 7) is 4.36. The van der Waals surface area contributed by atoms with Crippen molar-refractivity contribution in [1.82, 2.24) is 20.0 Å². The fourth-order valence-electron chi connectivity index (χ4n) is 3.83. The maximum absolute atomic E-state index is 13.8. The zero-order chi connectivity index (χ0) is 22.2. The second-order valence-corrected chi connectivity index (χ2v) is 7.34. The minimum absolute atomic E-state index is 0.0642. The molecule has 6 nitrogen and oxygen atoms in total. The van der Waals surface area contributed by atoms with Crippen LogP contribution in [0.15, 0.2) is 30.5 Å². The third-order valence-corrected chi connectivity index (χ3v) is 5.33. The number of aromatic nitrogens is 2. The van der Waals surface area contributed by atoms with Crippen LogP contribution in [0.25, 0.3) is 6.08 Å². The number of alkyl halides is 3. The van der Waals surface area contributed by atoms with Gasteiger partial charge in [0, 0.05) is 31.4 Å². The van der Waals surface area contributed by atoms with Gasteiger partial charge in [0.15, 0.2) is 6.04 Å². The van der Waals surface area contributed by atoms with Crippen molar-refractivity contribution in [1.29, 1.82) is 0 Å². The van der Waals surface area contributed by atoms with Gasteiger partial charge >= 0.3 is 6.18 Å². The van der Waals surface area contributed by atoms with Crippen LogP contribution in [0.4, 0.5) is 13.2 Å². The third-order valence-electron chi connectivity index (χ3n) is 5.33. The molecule has 1 N–H and O–H groups in total. The highest BCUT2D eigenvalue weighted by Gasteiger charge is 2.45. The van der Waals surface area contributed by atoms with Crippen molar-refractivity contribution in [2.75, 3.05) is 0 Å². The smallest absolute Gasteiger partial charge is 0.341 e. The van der Waals surface area contributed by atoms with Crippen LogP contribution in [0, 0.1) is 13.8 Å². The van der Waals surface area contributed by atoms with Gasteiger partial charge in [0.2, 0.25) is 11.8 Å². The predicted molar refractivity (Wildman–Crippen MR) is 105 cm³/mol. The molecule has 160 valence electrons. The predicted octanol–water partition coefficient (Wildman–Crippen LogP) is 3.72. The first-order chi connectivity index (χ1) is 14.0. The third kappa shape index (κ3) is 4.10. The van der Waals surface area contributed by atoms with E-state index in [4.69, 9.17) is 0 Å². The zero-order valence-corrected chi connectivity index (χ0v) is 17.1. The van der Waals surface area contributed by atoms with E-state index in [1.54, 1.807) is 31.5 Å². The van der Waals surface area contributed by atoms with Crippen LogP contribution in [0.1, 0.15) is 53.5 Å². The molecule has 0 unspecified atom stereocenters. The number of fused-ring (bicyclic) bond motifs is 1. The Bertz CT molecular complexity index is 1010. The van der Waals surface area contributed by atoms with Gasteiger partial charge in [-0.3, -0.25) is 14.3 Å². The van der Waals surface area contributed by atoms with Crippen LogP contribution in [0.3, 0.4) is 0 Å². The minimum atomic E-state index is -4.70. The number of amides is 2. The first-order valence-electron chi connectivity index (χ1n) is 9.43. The van der Waals surface area contributed by atoms with E-state index in [2.05, 4.69) is 10.4 Å². The molecular formula is C21H23F3N4O2. The molecule has 1 aliphatic heterocycles. The van der Waals surface area contributed by atoms with Crippen molar-refractivity contribution >= 4 is 17.9 Å². The van der Waals surface area contributed by atoms with Gasteiger partial charge in [0.1, 0.15) is 0 Å². The van der Waals surface area contributed by atoms with Crippen LogP contribution >= 0.6 is 0 Å². The van der Waals surface area contributed by atoms with Gasteiger partial charge < -0.3 is 10.2 Å². The van der Waals surface area contributed by atoms with Crippen LogP contribution in [0.5, 0.6) is 0 Å². The Morgan fingerprint density at radius 2 is 1.90 bits per heavy atom. The average Bonchev–Trinajstić information content (AvgIpc) is 2.90. The molecule has 2 aromatic rings. The number of hydrogen-bond donors (Lipinski definition) is 1. The van der Waals surface area contributed by atoms with Gasteiger partial charge in [-0.15, -0.1) is 0 Å². The van der Waals surface area contributed by atoms with E-state index in [-0.39, 0.29) is 23.6 Å². The van der Waals surface area contributed by atoms with Gasteiger partial charge in [-0.1, -0.05) is 24.3 Å². The zero-order valence-electron chi connectivity index (χ0n) is 17.1. The van der Waals surface area contributed by atoms with Crippen molar-refractivity contribution in [2.24, 2.45) is 7.05 Å². The van der Waals surface area contributed by atoms with Gasteiger partial charge in [-0.25, -0.2) is 0 Å². The Labute approximate surface area is 172 Å². The maximum Gasteiger partial charge on any atom is 0.413 e. The number of rotatable bonds is 4. The Morgan fingerprint density at radius 1 is 1.23 bits per heavy atom. The van der Waals surface area contributed by atoms with E-state index in [0.29, 0.717) is 11.3 Å². The van der Waals surface area contributed by atoms with E-state index in [1.807, 2.05) is 12.1 Å². The fraction of sp³-hybridized carbons (Fsp3) is 0.381. The lowest BCUT2D eigenvalue weighted by Gasteiger charge is -2.33. The Morgan fingerprint density at radius 3 is 2.47 bits per heavy atom. The van der Waals surface area contributed by atoms with Crippen molar-refractivity contribution in [2.45, 2.75) is 45.5 Å². The molecule has 3 rings (SSSR count). The number of nitrogens with one attached hydrogen (secondary N) is 1. The monoisotopic (exact) mass is 420 g/mol. The molecule has 1 aromatic carbocycles. The lowest BCUT2D eigenvalue weighted by Crippen LogP contribution is -2.41. The number of hydrogen-bond acceptors (Lipinski definition) is 3. The molecule has 0 bridgehead atoms. The molecule has 2 heterocycles. The maximum atomic E-state index is 13.8. The molecule has 0 radical (unpaired) electrons. The number of aryl methyl sites for hydroxylation is 2. The highest BCUT2D eigenvalue weighted by Crippen LogP contribution is 2.37. The summed E-state index contributed by atoms with van der Waals surface area (Å²) in [7, 11) is 1.55. The van der Waals surface area contributed by atoms with Crippen molar-refractivity contribution < 1.29 is 22.8 Å². The Balaban J connectivity index is 1.90. The second kappa shape index (κ2) is 7.97. The molecule has 0 fully saturated rings. The Kier molecular flexibility index (Phi) is 5.74. The highest BCUT2D eigenvalue weighted by molar-refractivity contribution is 5.82. The van der Waals surface area contributed by atoms with E-state index < -0.39 is 24.2 Å². The summed E-state index contributed by atoms with van der Waals surface area (Å²) in [5.41, 5.74) is 1.99. The van der Waals surface area contributed by atoms with Crippen LogP contribution in [0.2, 0.25) is 0 Å². The van der Waals surface area contributed by atoms with E-state index in [1.165, 1.54) is 30.4 Å². The lowest BCUT2D eigenvalue weighted by atomic mass is 9.93. The van der Waals surface area contributed by atoms with Crippen LogP contribution < -0.4 is 5.32 Å². The highest BCUT2D eigenvalue weighted by atomic mass is 19.4. The van der Waals surface area contributed by atoms with Gasteiger partial charge in [0.25, 0.3) is 0 Å². The lowest BCUT2D eigenvalue weighted by molar-refractivity contribution is -0.164. The topological polar surface area (TPSA) is 67.2 Å². The minimum Gasteiger partial charge on any atom is -0.341 e. The number of halogens is 3. The molecular weight excluding hydrogens is 397 g/mol. The van der Waals surface area contributed by atoms with Crippen molar-refractivity contribution in [3.8, 4) is 0 Å². The number of carbonyl (C=O) groups is 2. The summed E-state index contributed by atoms with van der Waals surface area (Å²) in [5.74, 6) is -1.11. The number of carbonyl (C=O) groups excluding carboxylic acids is 2. The first-order valence-corrected chi connectivity index (χ1v) is 9.43. The number of benzene rings is 1. The van der Waals surface area contributed by atoms with E-state index in [0.717, 1.165) is 5.56 Å². The summed E-state index contributed by atoms with van der Waals surface area (Å²) < 4.78 is 42.8. The van der Waals surface area contributed by atoms with Crippen LogP contribution in [-0.4, -0.2) is 32.7 Å². The number of nitrogens with zero attached hydrogens (tertiary/aromatic N) is 3. The van der Waals surface area contributed by atoms with E-state index >= 15 is 0 Å². The quantitative estimate of drug-likeness (QED) is 0.820. The molecule has 2 atom stereocenters. The molecule has 30 heavy (non-hydrogen) atoms. The standard InChI is InChI=1S/C21H23F3N4O2/c1-12-19(13(2)27(4)26-12)20(21(22,23)24)25-18(30)11-17-16-8-6-5-7-15(16)9-10-28(17)14(3)29/h5-10,17,20H,11H2,1-4H3,(H,25,30)/t17-,20+/m1/s1. The molecule has 1 aromatic heterocycles. The molecule has 2 amide bonds. The van der Waals surface area contributed by atoms with E-state index in [9.17, 15) is 22.8 Å². The summed E-state index contributed by atoms with van der Waals surface area (Å²) in [5, 5.41) is 6.16. The first kappa shape index (κ1) is 21.6. The molecule has 0 aliphatic carbocycles. The van der Waals surface area contributed by atoms with Gasteiger partial charge in [-0.05, 0) is 31.1 Å². The summed E-state index contributed by atoms with van der Waals surface area (Å²) in [6, 6.07) is 4.31. The van der Waals surface area contributed by atoms with Crippen molar-refractivity contribution in [3.05, 3.63) is 58.5 Å². The molecule has 0 spiro atoms. The van der Waals surface area contributed by atoms with Crippen molar-refractivity contribution in [3.63, 3.8) is 0 Å². The second-order valence-electron chi connectivity index (χ2n) is 7.34. The molecule has 0 saturated heterocycles. The fourth-order valence-corrected chi connectivity index (χ4v) is 3.83. The SMILES string of the molecule is CC(=O)N1C=Cc2ccccc2[C@H]1CC(=O)N[C@@H](c1c(C)nn(C)c1C)C(F)(F)F. The normalized spacial score (nSPS) is 16.9. The summed E-state index contributed by atoms with van der Waals surface area (Å²) in [4.78, 5) is 26.2. The Hall–Kier alpha value is -3.10. The summed E-state index contributed by atoms with van der Waals surface area (Å²) >= 11 is 0. The summed E-state index contributed by atoms with van der Waals surface area (Å²) in [6.07, 6.45) is -1.70. The van der Waals surface area contributed by atoms with Gasteiger partial charge in [-0.2, -0.15) is 18.3 Å². The van der Waals surface area contributed by atoms with Crippen LogP contribution in [-0.2, 0) is 16.6 Å². The molecule has 9 heteroatoms. The van der Waals surface area contributed by atoms with Gasteiger partial charge in [0.05, 0.1) is 18.2 Å². The molecule has 1 aliphatic rings.